The van der Waals surface area contributed by atoms with Gasteiger partial charge in [0.25, 0.3) is 0 Å². The van der Waals surface area contributed by atoms with E-state index in [2.05, 4.69) is 37.4 Å². The lowest BCUT2D eigenvalue weighted by molar-refractivity contribution is -0.0991. The van der Waals surface area contributed by atoms with Crippen molar-refractivity contribution in [2.24, 2.45) is 0 Å². The van der Waals surface area contributed by atoms with E-state index in [-0.39, 0.29) is 11.0 Å². The van der Waals surface area contributed by atoms with Gasteiger partial charge < -0.3 is 10.1 Å². The van der Waals surface area contributed by atoms with E-state index in [0.717, 1.165) is 13.2 Å². The molecule has 0 radical (unpaired) electrons. The molecule has 0 atom stereocenters. The number of aryl methyl sites for hydroxylation is 2. The van der Waals surface area contributed by atoms with Crippen LogP contribution in [0.25, 0.3) is 0 Å². The second kappa shape index (κ2) is 4.07. The molecule has 0 bridgehead atoms. The highest BCUT2D eigenvalue weighted by molar-refractivity contribution is 5.41. The predicted molar refractivity (Wildman–Crippen MR) is 74.1 cm³/mol. The Morgan fingerprint density at radius 3 is 2.50 bits per heavy atom. The lowest BCUT2D eigenvalue weighted by Crippen LogP contribution is -2.65. The van der Waals surface area contributed by atoms with Gasteiger partial charge in [0.1, 0.15) is 0 Å². The predicted octanol–water partition coefficient (Wildman–Crippen LogP) is 2.44. The molecule has 2 nitrogen and oxygen atoms in total. The molecule has 0 unspecified atom stereocenters. The molecule has 0 saturated carbocycles. The third-order valence-electron chi connectivity index (χ3n) is 5.17. The van der Waals surface area contributed by atoms with Crippen molar-refractivity contribution in [1.82, 2.24) is 5.32 Å². The van der Waals surface area contributed by atoms with Gasteiger partial charge in [-0.2, -0.15) is 0 Å². The van der Waals surface area contributed by atoms with E-state index in [9.17, 15) is 0 Å². The summed E-state index contributed by atoms with van der Waals surface area (Å²) in [4.78, 5) is 0. The van der Waals surface area contributed by atoms with Crippen LogP contribution in [0.4, 0.5) is 0 Å². The number of rotatable bonds is 3. The Kier molecular flexibility index (Phi) is 2.76. The molecule has 1 aromatic rings. The molecule has 1 saturated heterocycles. The maximum Gasteiger partial charge on any atom is 0.0603 e. The largest absolute Gasteiger partial charge is 0.379 e. The summed E-state index contributed by atoms with van der Waals surface area (Å²) in [6, 6.07) is 7.10. The second-order valence-electron chi connectivity index (χ2n) is 6.29. The smallest absolute Gasteiger partial charge is 0.0603 e. The Balaban J connectivity index is 2.02. The van der Waals surface area contributed by atoms with Crippen LogP contribution in [0.2, 0.25) is 0 Å². The lowest BCUT2D eigenvalue weighted by Gasteiger charge is -2.53. The standard InChI is InChI=1S/C16H23NO/c1-15(2,17-3)16(10-18-11-16)14-8-7-12-5-4-6-13(12)9-14/h7-9,17H,4-6,10-11H2,1-3H3. The summed E-state index contributed by atoms with van der Waals surface area (Å²) in [5.74, 6) is 0. The minimum absolute atomic E-state index is 0.0676. The topological polar surface area (TPSA) is 21.3 Å². The minimum atomic E-state index is 0.0676. The van der Waals surface area contributed by atoms with E-state index >= 15 is 0 Å². The second-order valence-corrected chi connectivity index (χ2v) is 6.29. The van der Waals surface area contributed by atoms with Crippen LogP contribution in [0.3, 0.4) is 0 Å². The van der Waals surface area contributed by atoms with Gasteiger partial charge in [-0.1, -0.05) is 18.2 Å². The number of hydrogen-bond donors (Lipinski definition) is 1. The van der Waals surface area contributed by atoms with Crippen LogP contribution < -0.4 is 5.32 Å². The van der Waals surface area contributed by atoms with Gasteiger partial charge in [0, 0.05) is 5.54 Å². The van der Waals surface area contributed by atoms with Crippen molar-refractivity contribution < 1.29 is 4.74 Å². The molecule has 0 amide bonds. The molecule has 3 rings (SSSR count). The van der Waals surface area contributed by atoms with Gasteiger partial charge in [0.05, 0.1) is 18.6 Å². The Morgan fingerprint density at radius 2 is 1.89 bits per heavy atom. The molecular formula is C16H23NO. The van der Waals surface area contributed by atoms with Crippen molar-refractivity contribution in [1.29, 1.82) is 0 Å². The summed E-state index contributed by atoms with van der Waals surface area (Å²) < 4.78 is 5.56. The van der Waals surface area contributed by atoms with Crippen molar-refractivity contribution in [3.05, 3.63) is 34.9 Å². The normalized spacial score (nSPS) is 21.5. The molecule has 1 heterocycles. The Hall–Kier alpha value is -0.860. The molecule has 1 aromatic carbocycles. The highest BCUT2D eigenvalue weighted by Gasteiger charge is 2.51. The first-order valence-electron chi connectivity index (χ1n) is 6.98. The monoisotopic (exact) mass is 245 g/mol. The summed E-state index contributed by atoms with van der Waals surface area (Å²) in [5, 5.41) is 3.47. The first-order valence-corrected chi connectivity index (χ1v) is 6.98. The molecule has 1 aliphatic heterocycles. The molecule has 0 spiro atoms. The van der Waals surface area contributed by atoms with Crippen molar-refractivity contribution in [2.45, 2.75) is 44.1 Å². The minimum Gasteiger partial charge on any atom is -0.379 e. The average Bonchev–Trinajstić information content (AvgIpc) is 2.74. The number of ether oxygens (including phenoxy) is 1. The van der Waals surface area contributed by atoms with Crippen LogP contribution in [0, 0.1) is 0 Å². The molecule has 1 N–H and O–H groups in total. The average molecular weight is 245 g/mol. The Bertz CT molecular complexity index is 460. The summed E-state index contributed by atoms with van der Waals surface area (Å²) in [5.41, 5.74) is 4.77. The van der Waals surface area contributed by atoms with Gasteiger partial charge in [-0.15, -0.1) is 0 Å². The Morgan fingerprint density at radius 1 is 1.17 bits per heavy atom. The fourth-order valence-electron chi connectivity index (χ4n) is 3.30. The number of hydrogen-bond acceptors (Lipinski definition) is 2. The fraction of sp³-hybridized carbons (Fsp3) is 0.625. The van der Waals surface area contributed by atoms with E-state index in [4.69, 9.17) is 4.74 Å². The van der Waals surface area contributed by atoms with E-state index in [1.807, 2.05) is 7.05 Å². The summed E-state index contributed by atoms with van der Waals surface area (Å²) in [7, 11) is 2.05. The van der Waals surface area contributed by atoms with Gasteiger partial charge in [-0.3, -0.25) is 0 Å². The highest BCUT2D eigenvalue weighted by atomic mass is 16.5. The molecule has 18 heavy (non-hydrogen) atoms. The van der Waals surface area contributed by atoms with Crippen molar-refractivity contribution in [3.63, 3.8) is 0 Å². The molecule has 1 aliphatic carbocycles. The van der Waals surface area contributed by atoms with Crippen molar-refractivity contribution >= 4 is 0 Å². The number of fused-ring (bicyclic) bond motifs is 1. The van der Waals surface area contributed by atoms with Crippen molar-refractivity contribution in [2.75, 3.05) is 20.3 Å². The van der Waals surface area contributed by atoms with E-state index in [0.29, 0.717) is 0 Å². The molecule has 2 heteroatoms. The number of nitrogens with one attached hydrogen (secondary N) is 1. The zero-order chi connectivity index (χ0) is 12.8. The fourth-order valence-corrected chi connectivity index (χ4v) is 3.30. The lowest BCUT2D eigenvalue weighted by atomic mass is 9.65. The van der Waals surface area contributed by atoms with E-state index in [1.165, 1.54) is 24.8 Å². The highest BCUT2D eigenvalue weighted by Crippen LogP contribution is 2.42. The van der Waals surface area contributed by atoms with Crippen LogP contribution in [0.15, 0.2) is 18.2 Å². The zero-order valence-corrected chi connectivity index (χ0v) is 11.7. The quantitative estimate of drug-likeness (QED) is 0.883. The summed E-state index contributed by atoms with van der Waals surface area (Å²) >= 11 is 0. The molecule has 1 fully saturated rings. The first kappa shape index (κ1) is 12.2. The Labute approximate surface area is 110 Å². The SMILES string of the molecule is CNC(C)(C)C1(c2ccc3c(c2)CCC3)COC1. The molecular weight excluding hydrogens is 222 g/mol. The van der Waals surface area contributed by atoms with Gasteiger partial charge in [-0.25, -0.2) is 0 Å². The van der Waals surface area contributed by atoms with Crippen LogP contribution in [0.5, 0.6) is 0 Å². The maximum atomic E-state index is 5.56. The van der Waals surface area contributed by atoms with Gasteiger partial charge in [0.15, 0.2) is 0 Å². The van der Waals surface area contributed by atoms with Crippen molar-refractivity contribution in [3.8, 4) is 0 Å². The molecule has 2 aliphatic rings. The summed E-state index contributed by atoms with van der Waals surface area (Å²) in [6.45, 7) is 6.23. The van der Waals surface area contributed by atoms with Crippen LogP contribution in [-0.4, -0.2) is 25.8 Å². The van der Waals surface area contributed by atoms with Gasteiger partial charge in [0.2, 0.25) is 0 Å². The number of likely N-dealkylation sites (N-methyl/N-ethyl adjacent to an activating group) is 1. The van der Waals surface area contributed by atoms with Crippen LogP contribution in [0.1, 0.15) is 37.0 Å². The third kappa shape index (κ3) is 1.55. The first-order chi connectivity index (χ1) is 8.59. The zero-order valence-electron chi connectivity index (χ0n) is 11.7. The molecule has 98 valence electrons. The molecule has 0 aromatic heterocycles. The maximum absolute atomic E-state index is 5.56. The third-order valence-corrected chi connectivity index (χ3v) is 5.17. The van der Waals surface area contributed by atoms with Gasteiger partial charge >= 0.3 is 0 Å². The summed E-state index contributed by atoms with van der Waals surface area (Å²) in [6.07, 6.45) is 3.83. The number of benzene rings is 1. The van der Waals surface area contributed by atoms with E-state index < -0.39 is 0 Å². The van der Waals surface area contributed by atoms with Gasteiger partial charge in [-0.05, 0) is 56.8 Å². The van der Waals surface area contributed by atoms with Crippen LogP contribution >= 0.6 is 0 Å². The van der Waals surface area contributed by atoms with E-state index in [1.54, 1.807) is 11.1 Å². The van der Waals surface area contributed by atoms with Crippen LogP contribution in [-0.2, 0) is 23.0 Å².